The van der Waals surface area contributed by atoms with E-state index in [9.17, 15) is 14.7 Å². The molecule has 1 fully saturated rings. The fraction of sp³-hybridized carbons (Fsp3) is 0.267. The van der Waals surface area contributed by atoms with Gasteiger partial charge in [0, 0.05) is 5.92 Å². The first kappa shape index (κ1) is 13.4. The summed E-state index contributed by atoms with van der Waals surface area (Å²) in [6.45, 7) is 0. The summed E-state index contributed by atoms with van der Waals surface area (Å²) in [6, 6.07) is 6.81. The Balaban J connectivity index is 2.08. The summed E-state index contributed by atoms with van der Waals surface area (Å²) >= 11 is 0. The lowest BCUT2D eigenvalue weighted by Crippen LogP contribution is -2.07. The molecule has 1 aliphatic rings. The Labute approximate surface area is 121 Å². The average molecular weight is 286 g/mol. The molecule has 0 aliphatic heterocycles. The zero-order valence-electron chi connectivity index (χ0n) is 11.4. The zero-order valence-corrected chi connectivity index (χ0v) is 11.4. The number of methoxy groups -OCH3 is 1. The second-order valence-electron chi connectivity index (χ2n) is 4.98. The van der Waals surface area contributed by atoms with Crippen LogP contribution in [-0.4, -0.2) is 33.9 Å². The predicted octanol–water partition coefficient (Wildman–Crippen LogP) is 2.23. The molecule has 0 spiro atoms. The molecule has 108 valence electrons. The van der Waals surface area contributed by atoms with Crippen molar-refractivity contribution >= 4 is 11.9 Å². The Morgan fingerprint density at radius 3 is 2.76 bits per heavy atom. The van der Waals surface area contributed by atoms with E-state index in [4.69, 9.17) is 4.74 Å². The molecule has 1 heterocycles. The lowest BCUT2D eigenvalue weighted by Gasteiger charge is -2.09. The van der Waals surface area contributed by atoms with Crippen LogP contribution in [0, 0.1) is 0 Å². The van der Waals surface area contributed by atoms with Gasteiger partial charge in [0.05, 0.1) is 30.3 Å². The molecule has 6 nitrogen and oxygen atoms in total. The fourth-order valence-electron chi connectivity index (χ4n) is 2.36. The highest BCUT2D eigenvalue weighted by Gasteiger charge is 2.32. The number of benzene rings is 1. The summed E-state index contributed by atoms with van der Waals surface area (Å²) in [5, 5.41) is 13.4. The molecule has 0 bridgehead atoms. The number of carboxylic acid groups (broad SMARTS) is 1. The summed E-state index contributed by atoms with van der Waals surface area (Å²) < 4.78 is 6.30. The number of aromatic carboxylic acids is 1. The van der Waals surface area contributed by atoms with Gasteiger partial charge in [-0.05, 0) is 31.0 Å². The third-order valence-electron chi connectivity index (χ3n) is 3.51. The van der Waals surface area contributed by atoms with Gasteiger partial charge in [0.15, 0.2) is 0 Å². The number of ether oxygens (including phenoxy) is 1. The SMILES string of the molecule is COC(=O)c1cccc(-n2ncc(C(=O)O)c2C2CC2)c1. The van der Waals surface area contributed by atoms with Crippen molar-refractivity contribution in [3.63, 3.8) is 0 Å². The Bertz CT molecular complexity index is 716. The second kappa shape index (κ2) is 5.05. The van der Waals surface area contributed by atoms with E-state index in [1.165, 1.54) is 13.3 Å². The lowest BCUT2D eigenvalue weighted by atomic mass is 10.1. The summed E-state index contributed by atoms with van der Waals surface area (Å²) in [7, 11) is 1.32. The minimum Gasteiger partial charge on any atom is -0.478 e. The van der Waals surface area contributed by atoms with Crippen LogP contribution in [0.4, 0.5) is 0 Å². The standard InChI is InChI=1S/C15H14N2O4/c1-21-15(20)10-3-2-4-11(7-10)17-13(9-5-6-9)12(8-16-17)14(18)19/h2-4,7-9H,5-6H2,1H3,(H,18,19). The van der Waals surface area contributed by atoms with Gasteiger partial charge < -0.3 is 9.84 Å². The quantitative estimate of drug-likeness (QED) is 0.872. The first-order valence-corrected chi connectivity index (χ1v) is 6.61. The molecule has 1 aromatic carbocycles. The highest BCUT2D eigenvalue weighted by molar-refractivity contribution is 5.90. The summed E-state index contributed by atoms with van der Waals surface area (Å²) in [5.74, 6) is -1.19. The van der Waals surface area contributed by atoms with Gasteiger partial charge in [-0.3, -0.25) is 0 Å². The van der Waals surface area contributed by atoms with Crippen molar-refractivity contribution in [2.24, 2.45) is 0 Å². The van der Waals surface area contributed by atoms with Crippen molar-refractivity contribution in [2.45, 2.75) is 18.8 Å². The maximum atomic E-state index is 11.6. The Morgan fingerprint density at radius 1 is 1.38 bits per heavy atom. The van der Waals surface area contributed by atoms with Gasteiger partial charge in [-0.25, -0.2) is 14.3 Å². The van der Waals surface area contributed by atoms with E-state index < -0.39 is 11.9 Å². The van der Waals surface area contributed by atoms with Crippen LogP contribution in [0.3, 0.4) is 0 Å². The van der Waals surface area contributed by atoms with Crippen molar-refractivity contribution in [1.29, 1.82) is 0 Å². The Hall–Kier alpha value is -2.63. The number of hydrogen-bond donors (Lipinski definition) is 1. The molecule has 1 N–H and O–H groups in total. The molecule has 0 atom stereocenters. The largest absolute Gasteiger partial charge is 0.478 e. The second-order valence-corrected chi connectivity index (χ2v) is 4.98. The van der Waals surface area contributed by atoms with Gasteiger partial charge in [-0.2, -0.15) is 5.10 Å². The van der Waals surface area contributed by atoms with E-state index in [1.54, 1.807) is 28.9 Å². The van der Waals surface area contributed by atoms with E-state index in [-0.39, 0.29) is 11.5 Å². The van der Waals surface area contributed by atoms with Gasteiger partial charge in [0.1, 0.15) is 5.56 Å². The number of hydrogen-bond acceptors (Lipinski definition) is 4. The van der Waals surface area contributed by atoms with Crippen molar-refractivity contribution < 1.29 is 19.4 Å². The average Bonchev–Trinajstić information content (AvgIpc) is 3.24. The topological polar surface area (TPSA) is 81.4 Å². The number of aromatic nitrogens is 2. The molecule has 21 heavy (non-hydrogen) atoms. The van der Waals surface area contributed by atoms with Crippen LogP contribution < -0.4 is 0 Å². The molecule has 0 amide bonds. The molecule has 1 saturated carbocycles. The number of carbonyl (C=O) groups is 2. The molecule has 1 aromatic heterocycles. The van der Waals surface area contributed by atoms with E-state index in [0.29, 0.717) is 16.9 Å². The van der Waals surface area contributed by atoms with Crippen LogP contribution in [0.1, 0.15) is 45.2 Å². The zero-order chi connectivity index (χ0) is 15.0. The van der Waals surface area contributed by atoms with E-state index in [2.05, 4.69) is 5.10 Å². The predicted molar refractivity (Wildman–Crippen MR) is 73.8 cm³/mol. The fourth-order valence-corrected chi connectivity index (χ4v) is 2.36. The van der Waals surface area contributed by atoms with Crippen LogP contribution in [0.15, 0.2) is 30.5 Å². The van der Waals surface area contributed by atoms with Crippen LogP contribution in [0.5, 0.6) is 0 Å². The van der Waals surface area contributed by atoms with Crippen molar-refractivity contribution in [2.75, 3.05) is 7.11 Å². The van der Waals surface area contributed by atoms with Gasteiger partial charge in [-0.1, -0.05) is 6.07 Å². The smallest absolute Gasteiger partial charge is 0.339 e. The third kappa shape index (κ3) is 2.40. The van der Waals surface area contributed by atoms with Gasteiger partial charge in [0.25, 0.3) is 0 Å². The molecule has 1 aliphatic carbocycles. The third-order valence-corrected chi connectivity index (χ3v) is 3.51. The van der Waals surface area contributed by atoms with Crippen molar-refractivity contribution in [3.05, 3.63) is 47.3 Å². The van der Waals surface area contributed by atoms with Crippen LogP contribution >= 0.6 is 0 Å². The number of carboxylic acids is 1. The maximum absolute atomic E-state index is 11.6. The van der Waals surface area contributed by atoms with Crippen LogP contribution in [-0.2, 0) is 4.74 Å². The molecule has 0 unspecified atom stereocenters. The van der Waals surface area contributed by atoms with E-state index in [0.717, 1.165) is 12.8 Å². The first-order chi connectivity index (χ1) is 10.1. The molecule has 2 aromatic rings. The van der Waals surface area contributed by atoms with Crippen LogP contribution in [0.2, 0.25) is 0 Å². The van der Waals surface area contributed by atoms with E-state index in [1.807, 2.05) is 0 Å². The van der Waals surface area contributed by atoms with E-state index >= 15 is 0 Å². The Kier molecular flexibility index (Phi) is 3.21. The van der Waals surface area contributed by atoms with Crippen molar-refractivity contribution in [1.82, 2.24) is 9.78 Å². The minimum absolute atomic E-state index is 0.223. The van der Waals surface area contributed by atoms with Gasteiger partial charge >= 0.3 is 11.9 Å². The molecule has 0 radical (unpaired) electrons. The molecule has 6 heteroatoms. The molecular formula is C15H14N2O4. The molecule has 3 rings (SSSR count). The first-order valence-electron chi connectivity index (χ1n) is 6.61. The maximum Gasteiger partial charge on any atom is 0.339 e. The molecular weight excluding hydrogens is 272 g/mol. The normalized spacial score (nSPS) is 14.0. The number of esters is 1. The number of carbonyl (C=O) groups excluding carboxylic acids is 1. The summed E-state index contributed by atoms with van der Waals surface area (Å²) in [4.78, 5) is 22.9. The highest BCUT2D eigenvalue weighted by atomic mass is 16.5. The Morgan fingerprint density at radius 2 is 2.14 bits per heavy atom. The number of rotatable bonds is 4. The summed E-state index contributed by atoms with van der Waals surface area (Å²) in [6.07, 6.45) is 3.28. The van der Waals surface area contributed by atoms with Crippen molar-refractivity contribution in [3.8, 4) is 5.69 Å². The number of nitrogens with zero attached hydrogens (tertiary/aromatic N) is 2. The highest BCUT2D eigenvalue weighted by Crippen LogP contribution is 2.42. The minimum atomic E-state index is -0.979. The monoisotopic (exact) mass is 286 g/mol. The van der Waals surface area contributed by atoms with Gasteiger partial charge in [-0.15, -0.1) is 0 Å². The van der Waals surface area contributed by atoms with Crippen LogP contribution in [0.25, 0.3) is 5.69 Å². The lowest BCUT2D eigenvalue weighted by molar-refractivity contribution is 0.0599. The van der Waals surface area contributed by atoms with Gasteiger partial charge in [0.2, 0.25) is 0 Å². The summed E-state index contributed by atoms with van der Waals surface area (Å²) in [5.41, 5.74) is 1.99. The molecule has 0 saturated heterocycles.